The molecule has 0 atom stereocenters. The minimum Gasteiger partial charge on any atom is -0.748 e. The van der Waals surface area contributed by atoms with Crippen molar-refractivity contribution in [3.63, 3.8) is 0 Å². The maximum absolute atomic E-state index is 4.96. The summed E-state index contributed by atoms with van der Waals surface area (Å²) in [7, 11) is 0. The van der Waals surface area contributed by atoms with Crippen LogP contribution < -0.4 is 0 Å². The number of benzene rings is 1. The molecule has 4 rings (SSSR count). The van der Waals surface area contributed by atoms with E-state index < -0.39 is 0 Å². The van der Waals surface area contributed by atoms with Crippen molar-refractivity contribution in [2.45, 2.75) is 40.5 Å². The monoisotopic (exact) mass is 477 g/mol. The molecule has 33 heavy (non-hydrogen) atoms. The zero-order chi connectivity index (χ0) is 22.8. The molecular formula is C29H31FeN3-6. The Bertz CT molecular complexity index is 1110. The van der Waals surface area contributed by atoms with E-state index in [0.717, 1.165) is 47.0 Å². The summed E-state index contributed by atoms with van der Waals surface area (Å²) in [5, 5.41) is 0. The molecule has 0 aliphatic heterocycles. The third-order valence-electron chi connectivity index (χ3n) is 5.23. The molecule has 176 valence electrons. The summed E-state index contributed by atoms with van der Waals surface area (Å²) in [6.07, 6.45) is 1.94. The second-order valence-electron chi connectivity index (χ2n) is 7.54. The van der Waals surface area contributed by atoms with Gasteiger partial charge in [0, 0.05) is 22.8 Å². The summed E-state index contributed by atoms with van der Waals surface area (Å²) in [5.74, 6) is 0. The molecule has 3 aromatic carbocycles. The van der Waals surface area contributed by atoms with Crippen LogP contribution in [-0.2, 0) is 29.9 Å². The first-order valence-electron chi connectivity index (χ1n) is 11.2. The van der Waals surface area contributed by atoms with Gasteiger partial charge in [-0.25, -0.2) is 0 Å². The van der Waals surface area contributed by atoms with E-state index in [4.69, 9.17) is 9.98 Å². The van der Waals surface area contributed by atoms with Crippen LogP contribution in [0.5, 0.6) is 0 Å². The van der Waals surface area contributed by atoms with Gasteiger partial charge < -0.3 is 35.3 Å². The second-order valence-corrected chi connectivity index (χ2v) is 7.54. The van der Waals surface area contributed by atoms with Crippen LogP contribution in [0.1, 0.15) is 50.2 Å². The molecule has 0 fully saturated rings. The van der Waals surface area contributed by atoms with Crippen molar-refractivity contribution in [3.05, 3.63) is 114 Å². The molecule has 0 amide bonds. The average molecular weight is 477 g/mol. The fourth-order valence-electron chi connectivity index (χ4n) is 3.43. The summed E-state index contributed by atoms with van der Waals surface area (Å²) in [4.78, 5) is 14.4. The number of rotatable bonds is 6. The number of pyridine rings is 1. The first kappa shape index (κ1) is 26.2. The van der Waals surface area contributed by atoms with Crippen LogP contribution in [0.25, 0.3) is 0 Å². The van der Waals surface area contributed by atoms with Crippen LogP contribution >= 0.6 is 0 Å². The minimum atomic E-state index is 0. The van der Waals surface area contributed by atoms with Crippen molar-refractivity contribution in [1.29, 1.82) is 0 Å². The van der Waals surface area contributed by atoms with Crippen LogP contribution in [0.15, 0.2) is 101 Å². The van der Waals surface area contributed by atoms with Crippen molar-refractivity contribution in [2.75, 3.05) is 0 Å². The van der Waals surface area contributed by atoms with Gasteiger partial charge in [0.1, 0.15) is 0 Å². The SMILES string of the molecule is CCc1cccc(CC)c1N=C(C)c1cccc(C(C)=N[c-]2cccc2)n1.[Fe].[cH-]1[cH-][cH-][cH-][cH-]1. The summed E-state index contributed by atoms with van der Waals surface area (Å²) < 4.78 is 0. The van der Waals surface area contributed by atoms with Gasteiger partial charge in [0.25, 0.3) is 0 Å². The fourth-order valence-corrected chi connectivity index (χ4v) is 3.43. The van der Waals surface area contributed by atoms with Gasteiger partial charge in [-0.3, -0.25) is 9.98 Å². The molecule has 0 aliphatic rings. The first-order chi connectivity index (χ1) is 15.6. The van der Waals surface area contributed by atoms with Gasteiger partial charge in [-0.05, 0) is 54.4 Å². The fraction of sp³-hybridized carbons (Fsp3) is 0.207. The van der Waals surface area contributed by atoms with Gasteiger partial charge in [0.2, 0.25) is 0 Å². The quantitative estimate of drug-likeness (QED) is 0.160. The predicted molar refractivity (Wildman–Crippen MR) is 137 cm³/mol. The Morgan fingerprint density at radius 3 is 1.76 bits per heavy atom. The van der Waals surface area contributed by atoms with Crippen LogP contribution in [-0.4, -0.2) is 16.4 Å². The van der Waals surface area contributed by atoms with E-state index in [9.17, 15) is 0 Å². The standard InChI is InChI=1S/C24H26N3.C5H5.Fe/c1-5-19-11-9-12-20(6-2)24(19)26-18(4)23-16-10-15-22(27-23)17(3)25-21-13-7-8-14-21;1-2-4-5-3-1;/h7-16H,5-6H2,1-4H3;1-5H;/q-1;-5;. The Kier molecular flexibility index (Phi) is 10.7. The van der Waals surface area contributed by atoms with Crippen LogP contribution in [0, 0.1) is 0 Å². The van der Waals surface area contributed by atoms with Crippen molar-refractivity contribution in [2.24, 2.45) is 9.98 Å². The summed E-state index contributed by atoms with van der Waals surface area (Å²) in [5.41, 5.74) is 8.19. The van der Waals surface area contributed by atoms with Crippen LogP contribution in [0.4, 0.5) is 11.4 Å². The molecule has 4 heteroatoms. The van der Waals surface area contributed by atoms with E-state index in [2.05, 4.69) is 37.0 Å². The molecule has 0 radical (unpaired) electrons. The van der Waals surface area contributed by atoms with Crippen molar-refractivity contribution in [3.8, 4) is 0 Å². The number of aryl methyl sites for hydroxylation is 2. The maximum Gasteiger partial charge on any atom is 0.0839 e. The third kappa shape index (κ3) is 7.49. The maximum atomic E-state index is 4.96. The van der Waals surface area contributed by atoms with Crippen molar-refractivity contribution < 1.29 is 17.1 Å². The molecule has 0 saturated heterocycles. The minimum absolute atomic E-state index is 0. The largest absolute Gasteiger partial charge is 0.748 e. The molecule has 0 aliphatic carbocycles. The third-order valence-corrected chi connectivity index (χ3v) is 5.23. The van der Waals surface area contributed by atoms with E-state index >= 15 is 0 Å². The molecule has 4 aromatic rings. The van der Waals surface area contributed by atoms with Crippen molar-refractivity contribution in [1.82, 2.24) is 4.98 Å². The Labute approximate surface area is 208 Å². The number of para-hydroxylation sites is 1. The summed E-state index contributed by atoms with van der Waals surface area (Å²) in [6.45, 7) is 8.37. The molecule has 0 spiro atoms. The molecule has 1 heterocycles. The molecule has 0 bridgehead atoms. The topological polar surface area (TPSA) is 37.6 Å². The van der Waals surface area contributed by atoms with Gasteiger partial charge in [-0.2, -0.15) is 12.1 Å². The van der Waals surface area contributed by atoms with E-state index in [1.54, 1.807) is 0 Å². The number of aliphatic imine (C=N–C) groups is 2. The van der Waals surface area contributed by atoms with Gasteiger partial charge in [-0.1, -0.05) is 45.0 Å². The number of hydrogen-bond donors (Lipinski definition) is 0. The normalized spacial score (nSPS) is 11.4. The van der Waals surface area contributed by atoms with Gasteiger partial charge in [-0.15, -0.1) is 12.1 Å². The Hall–Kier alpha value is -3.07. The Balaban J connectivity index is 0.000000568. The smallest absolute Gasteiger partial charge is 0.0839 e. The molecule has 0 N–H and O–H groups in total. The van der Waals surface area contributed by atoms with Crippen molar-refractivity contribution >= 4 is 22.8 Å². The number of nitrogens with zero attached hydrogens (tertiary/aromatic N) is 3. The Morgan fingerprint density at radius 1 is 0.758 bits per heavy atom. The molecule has 1 aromatic heterocycles. The summed E-state index contributed by atoms with van der Waals surface area (Å²) in [6, 6.07) is 30.4. The van der Waals surface area contributed by atoms with E-state index in [1.165, 1.54) is 11.1 Å². The number of aromatic nitrogens is 1. The molecular weight excluding hydrogens is 446 g/mol. The second kappa shape index (κ2) is 13.5. The molecule has 0 unspecified atom stereocenters. The zero-order valence-corrected chi connectivity index (χ0v) is 20.9. The summed E-state index contributed by atoms with van der Waals surface area (Å²) >= 11 is 0. The molecule has 0 saturated carbocycles. The molecule has 3 nitrogen and oxygen atoms in total. The van der Waals surface area contributed by atoms with Crippen LogP contribution in [0.3, 0.4) is 0 Å². The predicted octanol–water partition coefficient (Wildman–Crippen LogP) is 7.61. The van der Waals surface area contributed by atoms with Gasteiger partial charge >= 0.3 is 0 Å². The first-order valence-corrected chi connectivity index (χ1v) is 11.2. The average Bonchev–Trinajstić information content (AvgIpc) is 3.56. The Morgan fingerprint density at radius 2 is 1.24 bits per heavy atom. The van der Waals surface area contributed by atoms with E-state index in [1.807, 2.05) is 86.6 Å². The zero-order valence-electron chi connectivity index (χ0n) is 19.8. The van der Waals surface area contributed by atoms with E-state index in [-0.39, 0.29) is 17.1 Å². The van der Waals surface area contributed by atoms with E-state index in [0.29, 0.717) is 0 Å². The van der Waals surface area contributed by atoms with Gasteiger partial charge in [0.15, 0.2) is 0 Å². The van der Waals surface area contributed by atoms with Crippen LogP contribution in [0.2, 0.25) is 0 Å². The van der Waals surface area contributed by atoms with Gasteiger partial charge in [0.05, 0.1) is 17.1 Å². The number of hydrogen-bond acceptors (Lipinski definition) is 3.